The molecule has 5 heteroatoms. The monoisotopic (exact) mass is 285 g/mol. The maximum absolute atomic E-state index is 10.9. The zero-order chi connectivity index (χ0) is 14.9. The van der Waals surface area contributed by atoms with Crippen LogP contribution in [0.4, 0.5) is 0 Å². The lowest BCUT2D eigenvalue weighted by Crippen LogP contribution is -2.17. The molecule has 1 aromatic carbocycles. The van der Waals surface area contributed by atoms with Crippen molar-refractivity contribution in [2.24, 2.45) is 5.73 Å². The predicted molar refractivity (Wildman–Crippen MR) is 81.0 cm³/mol. The lowest BCUT2D eigenvalue weighted by Gasteiger charge is -2.07. The Labute approximate surface area is 124 Å². The summed E-state index contributed by atoms with van der Waals surface area (Å²) in [5.74, 6) is 0.0159. The first-order valence-corrected chi connectivity index (χ1v) is 6.89. The maximum Gasteiger partial charge on any atom is 0.250 e. The first kappa shape index (κ1) is 15.0. The highest BCUT2D eigenvalue weighted by atomic mass is 16.5. The molecule has 0 bridgehead atoms. The number of hydrogen-bond donors (Lipinski definition) is 2. The van der Waals surface area contributed by atoms with Gasteiger partial charge in [-0.05, 0) is 24.6 Å². The van der Waals surface area contributed by atoms with E-state index in [2.05, 4.69) is 22.4 Å². The Hall–Kier alpha value is -2.40. The van der Waals surface area contributed by atoms with Gasteiger partial charge in [0.15, 0.2) is 0 Å². The summed E-state index contributed by atoms with van der Waals surface area (Å²) in [5, 5.41) is 3.35. The van der Waals surface area contributed by atoms with Crippen molar-refractivity contribution >= 4 is 5.91 Å². The van der Waals surface area contributed by atoms with Crippen LogP contribution in [0.5, 0.6) is 5.88 Å². The van der Waals surface area contributed by atoms with Crippen molar-refractivity contribution < 1.29 is 9.53 Å². The summed E-state index contributed by atoms with van der Waals surface area (Å²) < 4.78 is 5.49. The van der Waals surface area contributed by atoms with E-state index in [0.717, 1.165) is 19.5 Å². The molecule has 0 aliphatic heterocycles. The van der Waals surface area contributed by atoms with Crippen molar-refractivity contribution in [1.29, 1.82) is 0 Å². The molecule has 1 heterocycles. The molecule has 21 heavy (non-hydrogen) atoms. The van der Waals surface area contributed by atoms with E-state index < -0.39 is 5.91 Å². The second kappa shape index (κ2) is 8.01. The molecule has 2 rings (SSSR count). The van der Waals surface area contributed by atoms with Crippen LogP contribution in [-0.4, -0.2) is 24.0 Å². The number of nitrogens with two attached hydrogens (primary N) is 1. The normalized spacial score (nSPS) is 10.3. The van der Waals surface area contributed by atoms with E-state index in [4.69, 9.17) is 10.5 Å². The molecule has 0 aliphatic carbocycles. The first-order chi connectivity index (χ1) is 10.3. The van der Waals surface area contributed by atoms with Crippen molar-refractivity contribution in [3.05, 3.63) is 59.8 Å². The van der Waals surface area contributed by atoms with Gasteiger partial charge in [-0.15, -0.1) is 0 Å². The van der Waals surface area contributed by atoms with Crippen LogP contribution >= 0.6 is 0 Å². The van der Waals surface area contributed by atoms with Gasteiger partial charge in [0.25, 0.3) is 0 Å². The second-order valence-corrected chi connectivity index (χ2v) is 4.61. The van der Waals surface area contributed by atoms with Gasteiger partial charge in [0.2, 0.25) is 11.8 Å². The molecule has 0 fully saturated rings. The number of aromatic nitrogens is 1. The van der Waals surface area contributed by atoms with Gasteiger partial charge in [-0.2, -0.15) is 0 Å². The molecule has 5 nitrogen and oxygen atoms in total. The topological polar surface area (TPSA) is 77.2 Å². The standard InChI is InChI=1S/C16H19N3O2/c17-16(20)14-7-8-15(19-12-14)21-10-4-9-18-11-13-5-2-1-3-6-13/h1-3,5-8,12,18H,4,9-11H2,(H2,17,20). The maximum atomic E-state index is 10.9. The number of pyridine rings is 1. The Balaban J connectivity index is 1.60. The third kappa shape index (κ3) is 5.24. The van der Waals surface area contributed by atoms with Crippen molar-refractivity contribution in [3.63, 3.8) is 0 Å². The van der Waals surface area contributed by atoms with Gasteiger partial charge >= 0.3 is 0 Å². The van der Waals surface area contributed by atoms with Gasteiger partial charge in [0, 0.05) is 18.8 Å². The van der Waals surface area contributed by atoms with E-state index in [1.807, 2.05) is 18.2 Å². The van der Waals surface area contributed by atoms with Crippen LogP contribution < -0.4 is 15.8 Å². The molecule has 3 N–H and O–H groups in total. The van der Waals surface area contributed by atoms with Crippen molar-refractivity contribution in [1.82, 2.24) is 10.3 Å². The summed E-state index contributed by atoms with van der Waals surface area (Å²) in [6.07, 6.45) is 2.30. The van der Waals surface area contributed by atoms with Crippen molar-refractivity contribution in [3.8, 4) is 5.88 Å². The van der Waals surface area contributed by atoms with Gasteiger partial charge in [-0.25, -0.2) is 4.98 Å². The fraction of sp³-hybridized carbons (Fsp3) is 0.250. The largest absolute Gasteiger partial charge is 0.478 e. The van der Waals surface area contributed by atoms with E-state index in [0.29, 0.717) is 18.1 Å². The SMILES string of the molecule is NC(=O)c1ccc(OCCCNCc2ccccc2)nc1. The average molecular weight is 285 g/mol. The molecule has 110 valence electrons. The minimum atomic E-state index is -0.487. The van der Waals surface area contributed by atoms with E-state index in [1.165, 1.54) is 11.8 Å². The van der Waals surface area contributed by atoms with Gasteiger partial charge in [0.05, 0.1) is 12.2 Å². The van der Waals surface area contributed by atoms with Gasteiger partial charge < -0.3 is 15.8 Å². The number of ether oxygens (including phenoxy) is 1. The Morgan fingerprint density at radius 3 is 2.67 bits per heavy atom. The molecule has 1 amide bonds. The molecule has 0 saturated carbocycles. The fourth-order valence-corrected chi connectivity index (χ4v) is 1.81. The highest BCUT2D eigenvalue weighted by Gasteiger charge is 2.01. The highest BCUT2D eigenvalue weighted by molar-refractivity contribution is 5.92. The summed E-state index contributed by atoms with van der Waals surface area (Å²) in [7, 11) is 0. The van der Waals surface area contributed by atoms with Crippen molar-refractivity contribution in [2.75, 3.05) is 13.2 Å². The average Bonchev–Trinajstić information content (AvgIpc) is 2.52. The number of primary amides is 1. The predicted octanol–water partition coefficient (Wildman–Crippen LogP) is 1.74. The van der Waals surface area contributed by atoms with Crippen LogP contribution in [0, 0.1) is 0 Å². The van der Waals surface area contributed by atoms with Crippen molar-refractivity contribution in [2.45, 2.75) is 13.0 Å². The van der Waals surface area contributed by atoms with Crippen LogP contribution in [0.3, 0.4) is 0 Å². The highest BCUT2D eigenvalue weighted by Crippen LogP contribution is 2.07. The minimum Gasteiger partial charge on any atom is -0.478 e. The molecule has 1 aromatic heterocycles. The first-order valence-electron chi connectivity index (χ1n) is 6.89. The molecule has 0 aliphatic rings. The van der Waals surface area contributed by atoms with E-state index in [-0.39, 0.29) is 0 Å². The zero-order valence-corrected chi connectivity index (χ0v) is 11.8. The molecular weight excluding hydrogens is 266 g/mol. The summed E-state index contributed by atoms with van der Waals surface area (Å²) in [6, 6.07) is 13.5. The lowest BCUT2D eigenvalue weighted by atomic mass is 10.2. The third-order valence-corrected chi connectivity index (χ3v) is 2.94. The number of amides is 1. The quantitative estimate of drug-likeness (QED) is 0.724. The number of nitrogens with one attached hydrogen (secondary N) is 1. The molecule has 0 unspecified atom stereocenters. The van der Waals surface area contributed by atoms with Crippen LogP contribution in [0.15, 0.2) is 48.7 Å². The van der Waals surface area contributed by atoms with Crippen LogP contribution in [-0.2, 0) is 6.54 Å². The van der Waals surface area contributed by atoms with Gasteiger partial charge in [-0.3, -0.25) is 4.79 Å². The fourth-order valence-electron chi connectivity index (χ4n) is 1.81. The number of benzene rings is 1. The third-order valence-electron chi connectivity index (χ3n) is 2.94. The molecule has 0 spiro atoms. The van der Waals surface area contributed by atoms with E-state index >= 15 is 0 Å². The number of rotatable bonds is 8. The summed E-state index contributed by atoms with van der Waals surface area (Å²) in [6.45, 7) is 2.30. The minimum absolute atomic E-state index is 0.381. The number of carbonyl (C=O) groups excluding carboxylic acids is 1. The summed E-state index contributed by atoms with van der Waals surface area (Å²) in [5.41, 5.74) is 6.79. The van der Waals surface area contributed by atoms with E-state index in [1.54, 1.807) is 12.1 Å². The van der Waals surface area contributed by atoms with Crippen LogP contribution in [0.1, 0.15) is 22.3 Å². The van der Waals surface area contributed by atoms with Crippen LogP contribution in [0.25, 0.3) is 0 Å². The lowest BCUT2D eigenvalue weighted by molar-refractivity contribution is 0.1000. The smallest absolute Gasteiger partial charge is 0.250 e. The Morgan fingerprint density at radius 2 is 2.00 bits per heavy atom. The summed E-state index contributed by atoms with van der Waals surface area (Å²) >= 11 is 0. The van der Waals surface area contributed by atoms with Gasteiger partial charge in [-0.1, -0.05) is 30.3 Å². The molecule has 0 saturated heterocycles. The molecular formula is C16H19N3O2. The zero-order valence-electron chi connectivity index (χ0n) is 11.8. The van der Waals surface area contributed by atoms with Gasteiger partial charge in [0.1, 0.15) is 0 Å². The number of nitrogens with zero attached hydrogens (tertiary/aromatic N) is 1. The Kier molecular flexibility index (Phi) is 5.72. The Bertz CT molecular complexity index is 555. The number of carbonyl (C=O) groups is 1. The van der Waals surface area contributed by atoms with E-state index in [9.17, 15) is 4.79 Å². The second-order valence-electron chi connectivity index (χ2n) is 4.61. The number of hydrogen-bond acceptors (Lipinski definition) is 4. The van der Waals surface area contributed by atoms with Crippen LogP contribution in [0.2, 0.25) is 0 Å². The summed E-state index contributed by atoms with van der Waals surface area (Å²) in [4.78, 5) is 14.9. The Morgan fingerprint density at radius 1 is 1.19 bits per heavy atom. The molecule has 2 aromatic rings. The molecule has 0 atom stereocenters. The molecule has 0 radical (unpaired) electrons.